The number of rotatable bonds is 7. The van der Waals surface area contributed by atoms with Crippen molar-refractivity contribution in [2.45, 2.75) is 6.42 Å². The normalized spacial score (nSPS) is 10.6. The number of methoxy groups -OCH3 is 2. The molecule has 0 saturated carbocycles. The second-order valence-corrected chi connectivity index (χ2v) is 4.67. The van der Waals surface area contributed by atoms with Crippen LogP contribution in [0.15, 0.2) is 36.4 Å². The molecule has 2 aromatic rings. The van der Waals surface area contributed by atoms with Crippen LogP contribution in [0.3, 0.4) is 0 Å². The summed E-state index contributed by atoms with van der Waals surface area (Å²) in [6.45, 7) is 1.82. The molecule has 0 bridgehead atoms. The van der Waals surface area contributed by atoms with Crippen molar-refractivity contribution >= 4 is 22.7 Å². The Kier molecular flexibility index (Phi) is 5.51. The monoisotopic (exact) mass is 288 g/mol. The molecule has 1 aromatic carbocycles. The second-order valence-electron chi connectivity index (χ2n) is 4.67. The van der Waals surface area contributed by atoms with Crippen molar-refractivity contribution in [3.05, 3.63) is 36.4 Å². The van der Waals surface area contributed by atoms with E-state index in [4.69, 9.17) is 9.47 Å². The van der Waals surface area contributed by atoms with Gasteiger partial charge in [0, 0.05) is 25.6 Å². The van der Waals surface area contributed by atoms with Crippen LogP contribution >= 0.6 is 0 Å². The highest BCUT2D eigenvalue weighted by Crippen LogP contribution is 2.18. The van der Waals surface area contributed by atoms with Crippen molar-refractivity contribution in [2.24, 2.45) is 0 Å². The Morgan fingerprint density at radius 2 is 1.95 bits per heavy atom. The van der Waals surface area contributed by atoms with E-state index in [1.807, 2.05) is 41.3 Å². The predicted octanol–water partition coefficient (Wildman–Crippen LogP) is 2.25. The molecule has 112 valence electrons. The van der Waals surface area contributed by atoms with Crippen LogP contribution in [0.5, 0.6) is 0 Å². The Morgan fingerprint density at radius 1 is 1.14 bits per heavy atom. The highest BCUT2D eigenvalue weighted by molar-refractivity contribution is 5.80. The number of carbonyl (C=O) groups is 1. The molecule has 2 rings (SSSR count). The molecule has 0 aliphatic carbocycles. The summed E-state index contributed by atoms with van der Waals surface area (Å²) in [5.74, 6) is 0.618. The van der Waals surface area contributed by atoms with E-state index in [2.05, 4.69) is 4.98 Å². The summed E-state index contributed by atoms with van der Waals surface area (Å²) in [7, 11) is 3.06. The number of fused-ring (bicyclic) bond motifs is 1. The lowest BCUT2D eigenvalue weighted by molar-refractivity contribution is -0.140. The van der Waals surface area contributed by atoms with Crippen LogP contribution in [0.25, 0.3) is 10.9 Å². The Bertz CT molecular complexity index is 601. The largest absolute Gasteiger partial charge is 0.469 e. The number of benzene rings is 1. The molecule has 0 N–H and O–H groups in total. The van der Waals surface area contributed by atoms with Crippen LogP contribution < -0.4 is 4.90 Å². The van der Waals surface area contributed by atoms with E-state index in [1.54, 1.807) is 7.11 Å². The number of pyridine rings is 1. The van der Waals surface area contributed by atoms with Gasteiger partial charge in [-0.15, -0.1) is 0 Å². The number of para-hydroxylation sites is 1. The standard InChI is InChI=1S/C16H20N2O3/c1-20-12-11-18(10-9-16(19)21-2)15-8-7-13-5-3-4-6-14(13)17-15/h3-8H,9-12H2,1-2H3. The summed E-state index contributed by atoms with van der Waals surface area (Å²) in [6.07, 6.45) is 0.328. The van der Waals surface area contributed by atoms with Gasteiger partial charge < -0.3 is 14.4 Å². The van der Waals surface area contributed by atoms with Gasteiger partial charge in [0.1, 0.15) is 5.82 Å². The number of aromatic nitrogens is 1. The number of ether oxygens (including phenoxy) is 2. The predicted molar refractivity (Wildman–Crippen MR) is 82.5 cm³/mol. The maximum Gasteiger partial charge on any atom is 0.307 e. The first kappa shape index (κ1) is 15.3. The second kappa shape index (κ2) is 7.59. The van der Waals surface area contributed by atoms with Gasteiger partial charge in [-0.1, -0.05) is 18.2 Å². The number of anilines is 1. The van der Waals surface area contributed by atoms with E-state index in [9.17, 15) is 4.79 Å². The van der Waals surface area contributed by atoms with Crippen molar-refractivity contribution in [3.63, 3.8) is 0 Å². The topological polar surface area (TPSA) is 51.7 Å². The average Bonchev–Trinajstić information content (AvgIpc) is 2.54. The smallest absolute Gasteiger partial charge is 0.307 e. The summed E-state index contributed by atoms with van der Waals surface area (Å²) >= 11 is 0. The van der Waals surface area contributed by atoms with Gasteiger partial charge in [-0.05, 0) is 18.2 Å². The molecule has 5 heteroatoms. The number of esters is 1. The SMILES string of the molecule is COCCN(CCC(=O)OC)c1ccc2ccccc2n1. The molecular formula is C16H20N2O3. The van der Waals surface area contributed by atoms with Crippen LogP contribution in [0, 0.1) is 0 Å². The van der Waals surface area contributed by atoms with E-state index in [-0.39, 0.29) is 5.97 Å². The molecule has 0 unspecified atom stereocenters. The van der Waals surface area contributed by atoms with E-state index < -0.39 is 0 Å². The number of carbonyl (C=O) groups excluding carboxylic acids is 1. The quantitative estimate of drug-likeness (QED) is 0.731. The fraction of sp³-hybridized carbons (Fsp3) is 0.375. The Morgan fingerprint density at radius 3 is 2.71 bits per heavy atom. The van der Waals surface area contributed by atoms with Gasteiger partial charge in [0.25, 0.3) is 0 Å². The molecule has 0 aliphatic heterocycles. The van der Waals surface area contributed by atoms with Crippen LogP contribution in [0.1, 0.15) is 6.42 Å². The Labute approximate surface area is 124 Å². The van der Waals surface area contributed by atoms with Gasteiger partial charge in [-0.25, -0.2) is 4.98 Å². The Balaban J connectivity index is 2.18. The minimum Gasteiger partial charge on any atom is -0.469 e. The average molecular weight is 288 g/mol. The summed E-state index contributed by atoms with van der Waals surface area (Å²) in [5.41, 5.74) is 0.940. The molecular weight excluding hydrogens is 268 g/mol. The fourth-order valence-corrected chi connectivity index (χ4v) is 2.10. The third-order valence-corrected chi connectivity index (χ3v) is 3.29. The van der Waals surface area contributed by atoms with Gasteiger partial charge in [-0.2, -0.15) is 0 Å². The minimum atomic E-state index is -0.224. The van der Waals surface area contributed by atoms with E-state index in [0.717, 1.165) is 16.7 Å². The maximum absolute atomic E-state index is 11.3. The van der Waals surface area contributed by atoms with Gasteiger partial charge in [-0.3, -0.25) is 4.79 Å². The summed E-state index contributed by atoms with van der Waals surface area (Å²) in [5, 5.41) is 1.10. The first-order valence-corrected chi connectivity index (χ1v) is 6.91. The molecule has 0 spiro atoms. The number of nitrogens with zero attached hydrogens (tertiary/aromatic N) is 2. The van der Waals surface area contributed by atoms with Crippen molar-refractivity contribution in [1.29, 1.82) is 0 Å². The van der Waals surface area contributed by atoms with Crippen LogP contribution in [-0.2, 0) is 14.3 Å². The highest BCUT2D eigenvalue weighted by atomic mass is 16.5. The maximum atomic E-state index is 11.3. The minimum absolute atomic E-state index is 0.224. The zero-order chi connectivity index (χ0) is 15.1. The van der Waals surface area contributed by atoms with Crippen LogP contribution in [0.4, 0.5) is 5.82 Å². The summed E-state index contributed by atoms with van der Waals surface area (Å²) in [4.78, 5) is 18.0. The van der Waals surface area contributed by atoms with Crippen molar-refractivity contribution < 1.29 is 14.3 Å². The molecule has 0 fully saturated rings. The third-order valence-electron chi connectivity index (χ3n) is 3.29. The molecule has 0 amide bonds. The lowest BCUT2D eigenvalue weighted by Gasteiger charge is -2.23. The molecule has 1 aromatic heterocycles. The third kappa shape index (κ3) is 4.16. The molecule has 5 nitrogen and oxygen atoms in total. The lowest BCUT2D eigenvalue weighted by Crippen LogP contribution is -2.30. The van der Waals surface area contributed by atoms with Gasteiger partial charge in [0.05, 0.1) is 25.7 Å². The van der Waals surface area contributed by atoms with Crippen molar-refractivity contribution in [3.8, 4) is 0 Å². The highest BCUT2D eigenvalue weighted by Gasteiger charge is 2.11. The molecule has 21 heavy (non-hydrogen) atoms. The molecule has 0 radical (unpaired) electrons. The van der Waals surface area contributed by atoms with E-state index in [1.165, 1.54) is 7.11 Å². The van der Waals surface area contributed by atoms with Gasteiger partial charge >= 0.3 is 5.97 Å². The summed E-state index contributed by atoms with van der Waals surface area (Å²) in [6, 6.07) is 12.0. The van der Waals surface area contributed by atoms with Crippen LogP contribution in [-0.4, -0.2) is 44.9 Å². The van der Waals surface area contributed by atoms with Crippen molar-refractivity contribution in [2.75, 3.05) is 38.8 Å². The zero-order valence-corrected chi connectivity index (χ0v) is 12.4. The van der Waals surface area contributed by atoms with E-state index in [0.29, 0.717) is 26.1 Å². The lowest BCUT2D eigenvalue weighted by atomic mass is 10.2. The number of hydrogen-bond donors (Lipinski definition) is 0. The first-order valence-electron chi connectivity index (χ1n) is 6.91. The first-order chi connectivity index (χ1) is 10.2. The molecule has 1 heterocycles. The molecule has 0 aliphatic rings. The van der Waals surface area contributed by atoms with Gasteiger partial charge in [0.2, 0.25) is 0 Å². The number of hydrogen-bond acceptors (Lipinski definition) is 5. The van der Waals surface area contributed by atoms with Crippen molar-refractivity contribution in [1.82, 2.24) is 4.98 Å². The summed E-state index contributed by atoms with van der Waals surface area (Å²) < 4.78 is 9.82. The van der Waals surface area contributed by atoms with E-state index >= 15 is 0 Å². The van der Waals surface area contributed by atoms with Gasteiger partial charge in [0.15, 0.2) is 0 Å². The Hall–Kier alpha value is -2.14. The molecule has 0 saturated heterocycles. The molecule has 0 atom stereocenters. The zero-order valence-electron chi connectivity index (χ0n) is 12.4. The fourth-order valence-electron chi connectivity index (χ4n) is 2.10. The van der Waals surface area contributed by atoms with Crippen LogP contribution in [0.2, 0.25) is 0 Å².